The second-order valence-electron chi connectivity index (χ2n) is 13.5. The van der Waals surface area contributed by atoms with Crippen LogP contribution in [0.3, 0.4) is 0 Å². The van der Waals surface area contributed by atoms with Gasteiger partial charge in [0.1, 0.15) is 35.3 Å². The first-order chi connectivity index (χ1) is 28.3. The first-order valence-electron chi connectivity index (χ1n) is 17.7. The minimum absolute atomic E-state index is 0.323. The van der Waals surface area contributed by atoms with E-state index in [1.54, 1.807) is 73.6 Å². The molecule has 4 aromatic carbocycles. The molecule has 0 saturated heterocycles. The van der Waals surface area contributed by atoms with Gasteiger partial charge in [-0.05, 0) is 70.4 Å². The second kappa shape index (κ2) is 14.1. The molecule has 2 unspecified atom stereocenters. The van der Waals surface area contributed by atoms with Crippen LogP contribution >= 0.6 is 45.9 Å². The van der Waals surface area contributed by atoms with Crippen molar-refractivity contribution in [1.29, 1.82) is 10.5 Å². The monoisotopic (exact) mass is 834 g/mol. The summed E-state index contributed by atoms with van der Waals surface area (Å²) in [6.07, 6.45) is 6.46. The quantitative estimate of drug-likeness (QED) is 0.158. The van der Waals surface area contributed by atoms with Crippen molar-refractivity contribution in [1.82, 2.24) is 29.1 Å². The molecule has 14 heteroatoms. The van der Waals surface area contributed by atoms with E-state index < -0.39 is 11.8 Å². The molecule has 0 aliphatic rings. The normalized spacial score (nSPS) is 12.7. The van der Waals surface area contributed by atoms with Crippen LogP contribution in [0.25, 0.3) is 76.1 Å². The van der Waals surface area contributed by atoms with E-state index >= 15 is 8.78 Å². The summed E-state index contributed by atoms with van der Waals surface area (Å²) in [4.78, 5) is 19.6. The Morgan fingerprint density at radius 3 is 1.40 bits per heavy atom. The number of benzene rings is 4. The maximum Gasteiger partial charge on any atom is 0.134 e. The van der Waals surface area contributed by atoms with E-state index in [1.807, 2.05) is 44.2 Å². The maximum atomic E-state index is 15.2. The minimum Gasteiger partial charge on any atom is -0.297 e. The van der Waals surface area contributed by atoms with E-state index in [2.05, 4.69) is 32.1 Å². The predicted octanol–water partition coefficient (Wildman–Crippen LogP) is 12.4. The fourth-order valence-corrected chi connectivity index (χ4v) is 9.59. The molecule has 0 spiro atoms. The largest absolute Gasteiger partial charge is 0.297 e. The van der Waals surface area contributed by atoms with Crippen molar-refractivity contribution < 1.29 is 8.78 Å². The molecule has 0 radical (unpaired) electrons. The van der Waals surface area contributed by atoms with E-state index in [4.69, 9.17) is 23.2 Å². The van der Waals surface area contributed by atoms with Gasteiger partial charge < -0.3 is 0 Å². The molecular weight excluding hydrogens is 814 g/mol. The van der Waals surface area contributed by atoms with Gasteiger partial charge in [0.05, 0.1) is 79.9 Å². The van der Waals surface area contributed by atoms with Gasteiger partial charge >= 0.3 is 0 Å². The first kappa shape index (κ1) is 35.8. The zero-order valence-electron chi connectivity index (χ0n) is 29.6. The Hall–Kier alpha value is -6.54. The maximum absolute atomic E-state index is 15.2. The van der Waals surface area contributed by atoms with Gasteiger partial charge in [-0.1, -0.05) is 47.5 Å². The van der Waals surface area contributed by atoms with E-state index in [-0.39, 0.29) is 11.6 Å². The van der Waals surface area contributed by atoms with Gasteiger partial charge in [-0.2, -0.15) is 10.5 Å². The van der Waals surface area contributed by atoms with Crippen LogP contribution in [0.15, 0.2) is 121 Å². The van der Waals surface area contributed by atoms with Crippen LogP contribution < -0.4 is 0 Å². The molecular formula is C44H22Cl2F2N8S2. The Kier molecular flexibility index (Phi) is 8.73. The summed E-state index contributed by atoms with van der Waals surface area (Å²) in [5.41, 5.74) is 6.69. The van der Waals surface area contributed by atoms with E-state index in [9.17, 15) is 10.5 Å². The zero-order chi connectivity index (χ0) is 39.7. The third-order valence-electron chi connectivity index (χ3n) is 10.3. The van der Waals surface area contributed by atoms with Gasteiger partial charge in [0, 0.05) is 43.8 Å². The lowest BCUT2D eigenvalue weighted by Gasteiger charge is -2.19. The molecule has 6 heterocycles. The number of hydrogen-bond donors (Lipinski definition) is 0. The number of halogens is 4. The molecule has 10 rings (SSSR count). The van der Waals surface area contributed by atoms with Crippen molar-refractivity contribution >= 4 is 89.7 Å². The van der Waals surface area contributed by atoms with Crippen molar-refractivity contribution in [3.8, 4) is 44.4 Å². The Balaban J connectivity index is 1.00. The standard InChI is InChI=1S/C44H22Cl2F2N8S2/c45-31-11-23(5-7-39(31)55-21-53-37-19-51-35-15-33(47)25(13-27(35)43(37)55)41-3-1-9-57-41)29(17-49)30(18-50)24-6-8-40(32(46)12-24)56-22-54-38-20-52-36-16-34(48)26(14-28(36)44(38)56)42-4-2-10-58-42/h1-16,19-22,29-30H. The second-order valence-corrected chi connectivity index (χ2v) is 16.2. The lowest BCUT2D eigenvalue weighted by molar-refractivity contribution is 0.633. The van der Waals surface area contributed by atoms with Crippen LogP contribution in [0.5, 0.6) is 0 Å². The number of fused-ring (bicyclic) bond motifs is 6. The van der Waals surface area contributed by atoms with Gasteiger partial charge in [-0.25, -0.2) is 18.7 Å². The summed E-state index contributed by atoms with van der Waals surface area (Å²) in [5, 5.41) is 26.8. The number of aromatic nitrogens is 6. The minimum atomic E-state index is -0.908. The average molecular weight is 836 g/mol. The molecule has 2 atom stereocenters. The van der Waals surface area contributed by atoms with Crippen molar-refractivity contribution in [2.75, 3.05) is 0 Å². The number of imidazole rings is 2. The first-order valence-corrected chi connectivity index (χ1v) is 20.2. The van der Waals surface area contributed by atoms with E-state index in [1.165, 1.54) is 34.8 Å². The van der Waals surface area contributed by atoms with Crippen molar-refractivity contribution in [3.63, 3.8) is 0 Å². The average Bonchev–Trinajstić information content (AvgIpc) is 4.07. The summed E-state index contributed by atoms with van der Waals surface area (Å²) in [6.45, 7) is 0. The molecule has 0 N–H and O–H groups in total. The molecule has 0 bridgehead atoms. The molecule has 10 aromatic rings. The molecule has 0 aliphatic carbocycles. The zero-order valence-corrected chi connectivity index (χ0v) is 32.8. The smallest absolute Gasteiger partial charge is 0.134 e. The molecule has 58 heavy (non-hydrogen) atoms. The Morgan fingerprint density at radius 2 is 1.02 bits per heavy atom. The predicted molar refractivity (Wildman–Crippen MR) is 226 cm³/mol. The van der Waals surface area contributed by atoms with Crippen LogP contribution in [0.2, 0.25) is 10.0 Å². The SMILES string of the molecule is N#CC(c1ccc(-n2cnc3cnc4cc(F)c(-c5cccs5)cc4c32)c(Cl)c1)C(C#N)c1ccc(-n2cnc3cnc4cc(F)c(-c5cccs5)cc4c32)c(Cl)c1. The van der Waals surface area contributed by atoms with Gasteiger partial charge in [0.2, 0.25) is 0 Å². The highest BCUT2D eigenvalue weighted by molar-refractivity contribution is 7.13. The van der Waals surface area contributed by atoms with Crippen LogP contribution in [-0.2, 0) is 0 Å². The lowest BCUT2D eigenvalue weighted by Crippen LogP contribution is -2.09. The number of nitrogens with zero attached hydrogens (tertiary/aromatic N) is 8. The topological polar surface area (TPSA) is 109 Å². The van der Waals surface area contributed by atoms with Gasteiger partial charge in [-0.15, -0.1) is 22.7 Å². The number of hydrogen-bond acceptors (Lipinski definition) is 8. The fourth-order valence-electron chi connectivity index (χ4n) is 7.54. The molecule has 0 aliphatic heterocycles. The van der Waals surface area contributed by atoms with Crippen LogP contribution in [0.4, 0.5) is 8.78 Å². The molecule has 0 fully saturated rings. The summed E-state index contributed by atoms with van der Waals surface area (Å²) in [6, 6.07) is 29.0. The summed E-state index contributed by atoms with van der Waals surface area (Å²) < 4.78 is 34.0. The molecule has 6 aromatic heterocycles. The Bertz CT molecular complexity index is 3120. The highest BCUT2D eigenvalue weighted by Crippen LogP contribution is 2.40. The molecule has 8 nitrogen and oxygen atoms in total. The Labute approximate surface area is 346 Å². The third kappa shape index (κ3) is 5.80. The summed E-state index contributed by atoms with van der Waals surface area (Å²) in [7, 11) is 0. The van der Waals surface area contributed by atoms with Crippen molar-refractivity contribution in [2.45, 2.75) is 11.8 Å². The van der Waals surface area contributed by atoms with Crippen molar-refractivity contribution in [3.05, 3.63) is 154 Å². The molecule has 278 valence electrons. The summed E-state index contributed by atoms with van der Waals surface area (Å²) >= 11 is 16.8. The van der Waals surface area contributed by atoms with Crippen molar-refractivity contribution in [2.24, 2.45) is 0 Å². The highest BCUT2D eigenvalue weighted by atomic mass is 35.5. The van der Waals surface area contributed by atoms with Crippen LogP contribution in [0, 0.1) is 34.3 Å². The third-order valence-corrected chi connectivity index (χ3v) is 12.7. The van der Waals surface area contributed by atoms with Gasteiger partial charge in [0.25, 0.3) is 0 Å². The number of pyridine rings is 2. The highest BCUT2D eigenvalue weighted by Gasteiger charge is 2.27. The van der Waals surface area contributed by atoms with E-state index in [0.717, 1.165) is 9.75 Å². The summed E-state index contributed by atoms with van der Waals surface area (Å²) in [5.74, 6) is -2.56. The van der Waals surface area contributed by atoms with Crippen LogP contribution in [-0.4, -0.2) is 29.1 Å². The van der Waals surface area contributed by atoms with Gasteiger partial charge in [-0.3, -0.25) is 19.1 Å². The number of thiophene rings is 2. The lowest BCUT2D eigenvalue weighted by atomic mass is 9.83. The number of nitriles is 2. The Morgan fingerprint density at radius 1 is 0.569 bits per heavy atom. The number of rotatable bonds is 7. The fraction of sp³-hybridized carbons (Fsp3) is 0.0455. The van der Waals surface area contributed by atoms with Gasteiger partial charge in [0.15, 0.2) is 0 Å². The molecule has 0 saturated carbocycles. The van der Waals surface area contributed by atoms with E-state index in [0.29, 0.717) is 87.5 Å². The van der Waals surface area contributed by atoms with Crippen LogP contribution in [0.1, 0.15) is 23.0 Å². The molecule has 0 amide bonds.